The van der Waals surface area contributed by atoms with Gasteiger partial charge in [0.25, 0.3) is 0 Å². The summed E-state index contributed by atoms with van der Waals surface area (Å²) >= 11 is 0. The van der Waals surface area contributed by atoms with Crippen molar-refractivity contribution in [1.29, 1.82) is 5.26 Å². The lowest BCUT2D eigenvalue weighted by atomic mass is 10.1. The summed E-state index contributed by atoms with van der Waals surface area (Å²) in [5.74, 6) is 1.64. The van der Waals surface area contributed by atoms with E-state index in [-0.39, 0.29) is 11.9 Å². The Morgan fingerprint density at radius 2 is 1.68 bits per heavy atom. The zero-order valence-corrected chi connectivity index (χ0v) is 24.5. The van der Waals surface area contributed by atoms with Crippen LogP contribution in [0.25, 0.3) is 39.5 Å². The summed E-state index contributed by atoms with van der Waals surface area (Å²) < 4.78 is 2.05. The fraction of sp³-hybridized carbons (Fsp3) is 0.182. The summed E-state index contributed by atoms with van der Waals surface area (Å²) in [6, 6.07) is 28.5. The van der Waals surface area contributed by atoms with Crippen LogP contribution in [-0.4, -0.2) is 58.5 Å². The maximum atomic E-state index is 8.99. The van der Waals surface area contributed by atoms with Crippen LogP contribution in [-0.2, 0) is 6.54 Å². The minimum atomic E-state index is 0.107. The summed E-state index contributed by atoms with van der Waals surface area (Å²) in [6.07, 6.45) is 3.03. The molecule has 0 atom stereocenters. The molecule has 1 aliphatic heterocycles. The molecule has 6 aromatic rings. The predicted molar refractivity (Wildman–Crippen MR) is 171 cm³/mol. The van der Waals surface area contributed by atoms with Crippen LogP contribution in [0.15, 0.2) is 91.4 Å². The molecule has 11 nitrogen and oxygen atoms in total. The normalized spacial score (nSPS) is 13.0. The van der Waals surface area contributed by atoms with Gasteiger partial charge in [0.15, 0.2) is 11.5 Å². The van der Waals surface area contributed by atoms with Crippen molar-refractivity contribution < 1.29 is 0 Å². The molecule has 0 radical (unpaired) electrons. The van der Waals surface area contributed by atoms with Crippen LogP contribution in [0.4, 0.5) is 11.8 Å². The Bertz CT molecular complexity index is 1920. The Balaban J connectivity index is 0.00000168. The lowest BCUT2D eigenvalue weighted by Crippen LogP contribution is -2.54. The number of rotatable bonds is 7. The van der Waals surface area contributed by atoms with Gasteiger partial charge in [-0.3, -0.25) is 9.47 Å². The van der Waals surface area contributed by atoms with E-state index < -0.39 is 0 Å². The number of fused-ring (bicyclic) bond motifs is 1. The summed E-state index contributed by atoms with van der Waals surface area (Å²) in [4.78, 5) is 28.6. The molecule has 44 heavy (non-hydrogen) atoms. The van der Waals surface area contributed by atoms with Gasteiger partial charge in [0, 0.05) is 37.1 Å². The van der Waals surface area contributed by atoms with Gasteiger partial charge < -0.3 is 11.1 Å². The van der Waals surface area contributed by atoms with Crippen molar-refractivity contribution >= 4 is 22.9 Å². The standard InChI is InChI=1S/C31H25N11.C2H6/c32-15-27-35-19-36-31(40-27)37-22-17-41(18-22)16-20-8-10-23(11-9-20)42-29(24-7-4-14-34-28(24)33)39-26-13-12-25(38-30(26)42)21-5-2-1-3-6-21;1-2/h1-14,19,22H,16-18H2,(H2,33,34)(H,35,36,37,40);1-2H3. The largest absolute Gasteiger partial charge is 0.383 e. The molecular weight excluding hydrogens is 550 g/mol. The van der Waals surface area contributed by atoms with Crippen LogP contribution < -0.4 is 11.1 Å². The molecule has 0 bridgehead atoms. The molecule has 11 heteroatoms. The summed E-state index contributed by atoms with van der Waals surface area (Å²) in [6.45, 7) is 6.50. The van der Waals surface area contributed by atoms with Crippen molar-refractivity contribution in [3.8, 4) is 34.4 Å². The molecule has 1 fully saturated rings. The van der Waals surface area contributed by atoms with Gasteiger partial charge in [-0.2, -0.15) is 10.2 Å². The number of nitrogen functional groups attached to an aromatic ring is 1. The highest BCUT2D eigenvalue weighted by Crippen LogP contribution is 2.32. The first-order valence-corrected chi connectivity index (χ1v) is 14.5. The van der Waals surface area contributed by atoms with E-state index in [9.17, 15) is 0 Å². The van der Waals surface area contributed by atoms with Gasteiger partial charge >= 0.3 is 0 Å². The van der Waals surface area contributed by atoms with Gasteiger partial charge in [0.2, 0.25) is 11.8 Å². The minimum absolute atomic E-state index is 0.107. The average Bonchev–Trinajstić information content (AvgIpc) is 3.44. The number of nitrogens with two attached hydrogens (primary N) is 1. The summed E-state index contributed by atoms with van der Waals surface area (Å²) in [7, 11) is 0. The molecule has 2 aromatic carbocycles. The monoisotopic (exact) mass is 581 g/mol. The quantitative estimate of drug-likeness (QED) is 0.261. The molecule has 5 heterocycles. The first kappa shape index (κ1) is 28.4. The van der Waals surface area contributed by atoms with Gasteiger partial charge in [0.1, 0.15) is 23.7 Å². The van der Waals surface area contributed by atoms with Crippen LogP contribution in [0.3, 0.4) is 0 Å². The Labute approximate surface area is 255 Å². The number of nitrogens with zero attached hydrogens (tertiary/aromatic N) is 9. The van der Waals surface area contributed by atoms with Crippen LogP contribution >= 0.6 is 0 Å². The number of nitrogens with one attached hydrogen (secondary N) is 1. The Morgan fingerprint density at radius 1 is 0.886 bits per heavy atom. The highest BCUT2D eigenvalue weighted by Gasteiger charge is 2.27. The zero-order chi connectivity index (χ0) is 30.5. The Morgan fingerprint density at radius 3 is 2.43 bits per heavy atom. The first-order valence-electron chi connectivity index (χ1n) is 14.5. The molecule has 1 aliphatic rings. The molecule has 0 unspecified atom stereocenters. The summed E-state index contributed by atoms with van der Waals surface area (Å²) in [5, 5.41) is 12.3. The van der Waals surface area contributed by atoms with E-state index in [2.05, 4.69) is 54.4 Å². The number of aromatic nitrogens is 7. The fourth-order valence-corrected chi connectivity index (χ4v) is 5.16. The lowest BCUT2D eigenvalue weighted by Gasteiger charge is -2.39. The second-order valence-electron chi connectivity index (χ2n) is 10.1. The van der Waals surface area contributed by atoms with E-state index in [1.54, 1.807) is 6.20 Å². The fourth-order valence-electron chi connectivity index (χ4n) is 5.16. The van der Waals surface area contributed by atoms with Gasteiger partial charge in [0.05, 0.1) is 17.3 Å². The zero-order valence-electron chi connectivity index (χ0n) is 24.5. The van der Waals surface area contributed by atoms with Crippen LogP contribution in [0.1, 0.15) is 25.2 Å². The van der Waals surface area contributed by atoms with E-state index in [0.717, 1.165) is 53.3 Å². The number of imidazole rings is 1. The number of hydrogen-bond donors (Lipinski definition) is 2. The highest BCUT2D eigenvalue weighted by atomic mass is 15.3. The molecule has 0 amide bonds. The van der Waals surface area contributed by atoms with Crippen LogP contribution in [0.5, 0.6) is 0 Å². The van der Waals surface area contributed by atoms with Crippen molar-refractivity contribution in [3.05, 3.63) is 103 Å². The van der Waals surface area contributed by atoms with Crippen molar-refractivity contribution in [3.63, 3.8) is 0 Å². The number of nitriles is 1. The van der Waals surface area contributed by atoms with Crippen molar-refractivity contribution in [2.24, 2.45) is 0 Å². The Kier molecular flexibility index (Phi) is 8.16. The number of benzene rings is 2. The highest BCUT2D eigenvalue weighted by molar-refractivity contribution is 5.84. The molecular formula is C33H31N11. The van der Waals surface area contributed by atoms with Crippen molar-refractivity contribution in [2.75, 3.05) is 24.1 Å². The molecule has 0 saturated carbocycles. The molecule has 1 saturated heterocycles. The van der Waals surface area contributed by atoms with Crippen molar-refractivity contribution in [1.82, 2.24) is 39.4 Å². The van der Waals surface area contributed by atoms with E-state index in [4.69, 9.17) is 21.0 Å². The molecule has 218 valence electrons. The van der Waals surface area contributed by atoms with Crippen molar-refractivity contribution in [2.45, 2.75) is 26.4 Å². The molecule has 3 N–H and O–H groups in total. The third-order valence-electron chi connectivity index (χ3n) is 7.22. The van der Waals surface area contributed by atoms with Gasteiger partial charge in [-0.25, -0.2) is 24.9 Å². The van der Waals surface area contributed by atoms with Gasteiger partial charge in [-0.1, -0.05) is 56.3 Å². The van der Waals surface area contributed by atoms with Gasteiger partial charge in [-0.15, -0.1) is 0 Å². The minimum Gasteiger partial charge on any atom is -0.383 e. The van der Waals surface area contributed by atoms with Crippen LogP contribution in [0.2, 0.25) is 0 Å². The lowest BCUT2D eigenvalue weighted by molar-refractivity contribution is 0.152. The van der Waals surface area contributed by atoms with E-state index in [1.807, 2.05) is 79.1 Å². The molecule has 0 spiro atoms. The smallest absolute Gasteiger partial charge is 0.236 e. The predicted octanol–water partition coefficient (Wildman–Crippen LogP) is 5.11. The SMILES string of the molecule is CC.N#Cc1ncnc(NC2CN(Cc3ccc(-n4c(-c5cccnc5N)nc5ccc(-c6ccccc6)nc54)cc3)C2)n1. The third-order valence-corrected chi connectivity index (χ3v) is 7.22. The second-order valence-corrected chi connectivity index (χ2v) is 10.1. The average molecular weight is 582 g/mol. The maximum absolute atomic E-state index is 8.99. The molecule has 7 rings (SSSR count). The van der Waals surface area contributed by atoms with E-state index in [0.29, 0.717) is 17.6 Å². The number of hydrogen-bond acceptors (Lipinski definition) is 10. The van der Waals surface area contributed by atoms with Gasteiger partial charge in [-0.05, 0) is 42.0 Å². The number of anilines is 2. The molecule has 0 aliphatic carbocycles. The first-order chi connectivity index (χ1) is 21.6. The molecule has 4 aromatic heterocycles. The van der Waals surface area contributed by atoms with E-state index in [1.165, 1.54) is 11.9 Å². The maximum Gasteiger partial charge on any atom is 0.236 e. The van der Waals surface area contributed by atoms with E-state index >= 15 is 0 Å². The summed E-state index contributed by atoms with van der Waals surface area (Å²) in [5.41, 5.74) is 12.6. The van der Waals surface area contributed by atoms with Crippen LogP contribution in [0, 0.1) is 11.3 Å². The second kappa shape index (κ2) is 12.6. The number of likely N-dealkylation sites (tertiary alicyclic amines) is 1. The Hall–Kier alpha value is -5.73. The topological polar surface area (TPSA) is 147 Å². The third kappa shape index (κ3) is 5.79. The number of pyridine rings is 2.